The maximum Gasteiger partial charge on any atom is 0.335 e. The average Bonchev–Trinajstić information content (AvgIpc) is 2.29. The Morgan fingerprint density at radius 2 is 1.88 bits per heavy atom. The molecule has 1 aromatic rings. The van der Waals surface area contributed by atoms with Crippen LogP contribution in [0.3, 0.4) is 0 Å². The predicted molar refractivity (Wildman–Crippen MR) is 66.3 cm³/mol. The van der Waals surface area contributed by atoms with E-state index in [-0.39, 0.29) is 17.8 Å². The Morgan fingerprint density at radius 1 is 1.18 bits per heavy atom. The lowest BCUT2D eigenvalue weighted by atomic mass is 10.00. The molecule has 0 aliphatic heterocycles. The summed E-state index contributed by atoms with van der Waals surface area (Å²) in [5, 5.41) is 8.98. The molecule has 0 heterocycles. The zero-order valence-electron chi connectivity index (χ0n) is 10.1. The number of carboxylic acids is 1. The molecule has 0 atom stereocenters. The zero-order chi connectivity index (χ0) is 12.7. The van der Waals surface area contributed by atoms with Crippen LogP contribution >= 0.6 is 0 Å². The van der Waals surface area contributed by atoms with Crippen LogP contribution in [0.1, 0.15) is 48.5 Å². The molecular weight excluding hydrogens is 216 g/mol. The van der Waals surface area contributed by atoms with Crippen LogP contribution in [0.25, 0.3) is 0 Å². The lowest BCUT2D eigenvalue weighted by Crippen LogP contribution is -2.08. The first-order valence-corrected chi connectivity index (χ1v) is 5.98. The molecule has 0 radical (unpaired) electrons. The minimum Gasteiger partial charge on any atom is -0.478 e. The summed E-state index contributed by atoms with van der Waals surface area (Å²) < 4.78 is 0. The number of hydrogen-bond acceptors (Lipinski definition) is 2. The molecule has 0 saturated heterocycles. The molecule has 0 aliphatic carbocycles. The molecule has 1 N–H and O–H groups in total. The lowest BCUT2D eigenvalue weighted by molar-refractivity contribution is -0.118. The van der Waals surface area contributed by atoms with E-state index in [1.807, 2.05) is 0 Å². The second kappa shape index (κ2) is 6.84. The Kier molecular flexibility index (Phi) is 5.40. The number of rotatable bonds is 7. The van der Waals surface area contributed by atoms with Crippen LogP contribution in [0.4, 0.5) is 0 Å². The lowest BCUT2D eigenvalue weighted by Gasteiger charge is -2.05. The summed E-state index contributed by atoms with van der Waals surface area (Å²) in [6, 6.07) is 6.69. The van der Waals surface area contributed by atoms with Crippen molar-refractivity contribution in [2.45, 2.75) is 39.0 Å². The number of ketones is 1. The van der Waals surface area contributed by atoms with Gasteiger partial charge in [-0.25, -0.2) is 4.79 Å². The smallest absolute Gasteiger partial charge is 0.335 e. The van der Waals surface area contributed by atoms with Gasteiger partial charge in [0.15, 0.2) is 0 Å². The molecule has 92 valence electrons. The summed E-state index contributed by atoms with van der Waals surface area (Å²) in [5.41, 5.74) is 0.845. The molecule has 3 nitrogen and oxygen atoms in total. The van der Waals surface area contributed by atoms with Gasteiger partial charge in [-0.15, -0.1) is 0 Å². The number of hydrogen-bond donors (Lipinski definition) is 1. The molecule has 0 aromatic heterocycles. The Hall–Kier alpha value is -1.64. The Balaban J connectivity index is 2.61. The first kappa shape index (κ1) is 13.4. The number of benzene rings is 1. The van der Waals surface area contributed by atoms with E-state index in [1.54, 1.807) is 18.2 Å². The second-order valence-electron chi connectivity index (χ2n) is 4.13. The normalized spacial score (nSPS) is 10.2. The number of unbranched alkanes of at least 4 members (excludes halogenated alkanes) is 2. The number of aromatic carboxylic acids is 1. The van der Waals surface area contributed by atoms with Gasteiger partial charge < -0.3 is 5.11 Å². The van der Waals surface area contributed by atoms with Gasteiger partial charge in [-0.2, -0.15) is 0 Å². The largest absolute Gasteiger partial charge is 0.478 e. The fraction of sp³-hybridized carbons (Fsp3) is 0.429. The molecule has 1 aromatic carbocycles. The first-order valence-electron chi connectivity index (χ1n) is 5.98. The molecule has 0 spiro atoms. The predicted octanol–water partition coefficient (Wildman–Crippen LogP) is 3.08. The molecule has 0 bridgehead atoms. The van der Waals surface area contributed by atoms with E-state index in [2.05, 4.69) is 6.92 Å². The molecule has 0 aliphatic rings. The summed E-state index contributed by atoms with van der Waals surface area (Å²) in [6.07, 6.45) is 3.80. The van der Waals surface area contributed by atoms with Crippen LogP contribution in [0.15, 0.2) is 24.3 Å². The van der Waals surface area contributed by atoms with Gasteiger partial charge in [0.25, 0.3) is 0 Å². The summed E-state index contributed by atoms with van der Waals surface area (Å²) in [7, 11) is 0. The highest BCUT2D eigenvalue weighted by Gasteiger charge is 2.11. The van der Waals surface area contributed by atoms with Crippen LogP contribution in [-0.2, 0) is 11.2 Å². The molecule has 0 saturated carbocycles. The van der Waals surface area contributed by atoms with Gasteiger partial charge >= 0.3 is 5.97 Å². The zero-order valence-corrected chi connectivity index (χ0v) is 10.1. The Bertz CT molecular complexity index is 396. The van der Waals surface area contributed by atoms with E-state index < -0.39 is 5.97 Å². The van der Waals surface area contributed by atoms with Crippen LogP contribution in [0, 0.1) is 0 Å². The van der Waals surface area contributed by atoms with Gasteiger partial charge in [0.05, 0.1) is 5.56 Å². The minimum absolute atomic E-state index is 0.118. The summed E-state index contributed by atoms with van der Waals surface area (Å²) >= 11 is 0. The molecule has 3 heteroatoms. The van der Waals surface area contributed by atoms with E-state index >= 15 is 0 Å². The van der Waals surface area contributed by atoms with E-state index in [9.17, 15) is 9.59 Å². The molecular formula is C14H18O3. The van der Waals surface area contributed by atoms with Crippen LogP contribution < -0.4 is 0 Å². The topological polar surface area (TPSA) is 54.4 Å². The van der Waals surface area contributed by atoms with Gasteiger partial charge in [-0.05, 0) is 18.1 Å². The summed E-state index contributed by atoms with van der Waals surface area (Å²) in [6.45, 7) is 2.09. The molecule has 0 amide bonds. The third-order valence-electron chi connectivity index (χ3n) is 2.69. The van der Waals surface area contributed by atoms with Crippen LogP contribution in [0.2, 0.25) is 0 Å². The van der Waals surface area contributed by atoms with Crippen LogP contribution in [0.5, 0.6) is 0 Å². The summed E-state index contributed by atoms with van der Waals surface area (Å²) in [4.78, 5) is 22.6. The third kappa shape index (κ3) is 4.39. The standard InChI is InChI=1S/C14H18O3/c1-2-3-4-8-12(15)10-11-7-5-6-9-13(11)14(16)17/h5-7,9H,2-4,8,10H2,1H3,(H,16,17). The second-order valence-corrected chi connectivity index (χ2v) is 4.13. The van der Waals surface area contributed by atoms with Crippen molar-refractivity contribution in [1.29, 1.82) is 0 Å². The number of carbonyl (C=O) groups is 2. The Labute approximate surface area is 101 Å². The van der Waals surface area contributed by atoms with Gasteiger partial charge in [0, 0.05) is 12.8 Å². The number of Topliss-reactive ketones (excluding diaryl/α,β-unsaturated/α-hetero) is 1. The first-order chi connectivity index (χ1) is 8.15. The maximum atomic E-state index is 11.7. The van der Waals surface area contributed by atoms with E-state index in [0.29, 0.717) is 12.0 Å². The van der Waals surface area contributed by atoms with E-state index in [1.165, 1.54) is 6.07 Å². The fourth-order valence-corrected chi connectivity index (χ4v) is 1.76. The van der Waals surface area contributed by atoms with Crippen LogP contribution in [-0.4, -0.2) is 16.9 Å². The Morgan fingerprint density at radius 3 is 2.53 bits per heavy atom. The molecule has 0 unspecified atom stereocenters. The van der Waals surface area contributed by atoms with Gasteiger partial charge in [0.2, 0.25) is 0 Å². The summed E-state index contributed by atoms with van der Waals surface area (Å²) in [5.74, 6) is -0.853. The van der Waals surface area contributed by atoms with Crippen molar-refractivity contribution in [2.75, 3.05) is 0 Å². The quantitative estimate of drug-likeness (QED) is 0.737. The average molecular weight is 234 g/mol. The number of carboxylic acid groups (broad SMARTS) is 1. The fourth-order valence-electron chi connectivity index (χ4n) is 1.76. The highest BCUT2D eigenvalue weighted by Crippen LogP contribution is 2.12. The van der Waals surface area contributed by atoms with Gasteiger partial charge in [-0.1, -0.05) is 38.0 Å². The van der Waals surface area contributed by atoms with Crippen molar-refractivity contribution in [1.82, 2.24) is 0 Å². The minimum atomic E-state index is -0.970. The van der Waals surface area contributed by atoms with Crippen molar-refractivity contribution >= 4 is 11.8 Å². The molecule has 0 fully saturated rings. The van der Waals surface area contributed by atoms with E-state index in [4.69, 9.17) is 5.11 Å². The van der Waals surface area contributed by atoms with Crippen molar-refractivity contribution in [3.63, 3.8) is 0 Å². The van der Waals surface area contributed by atoms with Crippen molar-refractivity contribution in [3.05, 3.63) is 35.4 Å². The van der Waals surface area contributed by atoms with Crippen molar-refractivity contribution in [3.8, 4) is 0 Å². The maximum absolute atomic E-state index is 11.7. The molecule has 1 rings (SSSR count). The van der Waals surface area contributed by atoms with Crippen molar-refractivity contribution in [2.24, 2.45) is 0 Å². The SMILES string of the molecule is CCCCCC(=O)Cc1ccccc1C(=O)O. The molecule has 17 heavy (non-hydrogen) atoms. The highest BCUT2D eigenvalue weighted by atomic mass is 16.4. The number of carbonyl (C=O) groups excluding carboxylic acids is 1. The monoisotopic (exact) mass is 234 g/mol. The van der Waals surface area contributed by atoms with Crippen molar-refractivity contribution < 1.29 is 14.7 Å². The van der Waals surface area contributed by atoms with E-state index in [0.717, 1.165) is 19.3 Å². The van der Waals surface area contributed by atoms with Gasteiger partial charge in [-0.3, -0.25) is 4.79 Å². The third-order valence-corrected chi connectivity index (χ3v) is 2.69. The highest BCUT2D eigenvalue weighted by molar-refractivity contribution is 5.92. The van der Waals surface area contributed by atoms with Gasteiger partial charge in [0.1, 0.15) is 5.78 Å².